The average Bonchev–Trinajstić information content (AvgIpc) is 2.06. The molecule has 14 heavy (non-hydrogen) atoms. The van der Waals surface area contributed by atoms with Gasteiger partial charge in [0, 0.05) is 19.7 Å². The molecule has 0 aliphatic heterocycles. The monoisotopic (exact) mass is 272 g/mol. The van der Waals surface area contributed by atoms with Gasteiger partial charge in [-0.1, -0.05) is 32.9 Å². The third-order valence-electron chi connectivity index (χ3n) is 1.53. The Bertz CT molecular complexity index is 342. The molecule has 0 saturated heterocycles. The van der Waals surface area contributed by atoms with Crippen LogP contribution in [0.4, 0.5) is 0 Å². The lowest BCUT2D eigenvalue weighted by molar-refractivity contribution is 0.112. The minimum Gasteiger partial charge on any atom is -0.298 e. The quantitative estimate of drug-likeness (QED) is 0.594. The number of hydrogen-bond acceptors (Lipinski definition) is 2. The number of rotatable bonds is 2. The van der Waals surface area contributed by atoms with E-state index in [1.807, 2.05) is 18.2 Å². The number of carbonyl (C=O) groups is 1. The van der Waals surface area contributed by atoms with Gasteiger partial charge in [-0.25, -0.2) is 0 Å². The molecule has 1 aromatic carbocycles. The van der Waals surface area contributed by atoms with Gasteiger partial charge in [0.05, 0.1) is 0 Å². The van der Waals surface area contributed by atoms with Crippen molar-refractivity contribution >= 4 is 34.0 Å². The van der Waals surface area contributed by atoms with Crippen molar-refractivity contribution in [1.82, 2.24) is 0 Å². The Labute approximate surface area is 97.4 Å². The Morgan fingerprint density at radius 2 is 2.00 bits per heavy atom. The lowest BCUT2D eigenvalue weighted by Crippen LogP contribution is -2.07. The van der Waals surface area contributed by atoms with Crippen molar-refractivity contribution in [2.45, 2.75) is 30.4 Å². The van der Waals surface area contributed by atoms with E-state index in [1.165, 1.54) is 0 Å². The fraction of sp³-hybridized carbons (Fsp3) is 0.364. The summed E-state index contributed by atoms with van der Waals surface area (Å²) in [6, 6.07) is 5.67. The van der Waals surface area contributed by atoms with Crippen molar-refractivity contribution in [1.29, 1.82) is 0 Å². The van der Waals surface area contributed by atoms with E-state index in [4.69, 9.17) is 0 Å². The summed E-state index contributed by atoms with van der Waals surface area (Å²) in [6.45, 7) is 6.39. The first-order valence-corrected chi connectivity index (χ1v) is 5.98. The standard InChI is InChI=1S/C11H13BrOS/c1-11(2,3)14-10-8(7-13)5-4-6-9(10)12/h4-7H,1-3H3. The van der Waals surface area contributed by atoms with Gasteiger partial charge in [0.25, 0.3) is 0 Å². The summed E-state index contributed by atoms with van der Waals surface area (Å²) in [5.74, 6) is 0. The van der Waals surface area contributed by atoms with Gasteiger partial charge in [-0.15, -0.1) is 11.8 Å². The minimum atomic E-state index is 0.113. The number of benzene rings is 1. The molecule has 0 heterocycles. The molecular weight excluding hydrogens is 260 g/mol. The normalized spacial score (nSPS) is 11.4. The molecular formula is C11H13BrOS. The Kier molecular flexibility index (Phi) is 3.78. The summed E-state index contributed by atoms with van der Waals surface area (Å²) in [5.41, 5.74) is 0.749. The van der Waals surface area contributed by atoms with E-state index in [0.29, 0.717) is 0 Å². The van der Waals surface area contributed by atoms with Crippen molar-refractivity contribution in [3.05, 3.63) is 28.2 Å². The van der Waals surface area contributed by atoms with Gasteiger partial charge < -0.3 is 0 Å². The van der Waals surface area contributed by atoms with E-state index < -0.39 is 0 Å². The maximum Gasteiger partial charge on any atom is 0.151 e. The van der Waals surface area contributed by atoms with Crippen molar-refractivity contribution in [3.8, 4) is 0 Å². The van der Waals surface area contributed by atoms with E-state index >= 15 is 0 Å². The smallest absolute Gasteiger partial charge is 0.151 e. The Balaban J connectivity index is 3.11. The molecule has 0 fully saturated rings. The molecule has 1 aromatic rings. The van der Waals surface area contributed by atoms with Gasteiger partial charge in [-0.2, -0.15) is 0 Å². The van der Waals surface area contributed by atoms with Gasteiger partial charge in [-0.05, 0) is 22.0 Å². The van der Waals surface area contributed by atoms with Crippen molar-refractivity contribution < 1.29 is 4.79 Å². The zero-order valence-corrected chi connectivity index (χ0v) is 10.9. The highest BCUT2D eigenvalue weighted by atomic mass is 79.9. The largest absolute Gasteiger partial charge is 0.298 e. The van der Waals surface area contributed by atoms with Crippen LogP contribution in [-0.2, 0) is 0 Å². The van der Waals surface area contributed by atoms with Crippen LogP contribution >= 0.6 is 27.7 Å². The molecule has 0 amide bonds. The van der Waals surface area contributed by atoms with E-state index in [1.54, 1.807) is 11.8 Å². The molecule has 3 heteroatoms. The second-order valence-corrected chi connectivity index (χ2v) is 6.68. The Morgan fingerprint density at radius 3 is 2.50 bits per heavy atom. The summed E-state index contributed by atoms with van der Waals surface area (Å²) in [6.07, 6.45) is 0.902. The van der Waals surface area contributed by atoms with Crippen LogP contribution in [0.2, 0.25) is 0 Å². The summed E-state index contributed by atoms with van der Waals surface area (Å²) in [7, 11) is 0. The van der Waals surface area contributed by atoms with Crippen LogP contribution in [-0.4, -0.2) is 11.0 Å². The third kappa shape index (κ3) is 3.14. The topological polar surface area (TPSA) is 17.1 Å². The zero-order valence-electron chi connectivity index (χ0n) is 8.50. The van der Waals surface area contributed by atoms with Gasteiger partial charge in [-0.3, -0.25) is 4.79 Å². The Hall–Kier alpha value is -0.280. The SMILES string of the molecule is CC(C)(C)Sc1c(Br)cccc1C=O. The second kappa shape index (κ2) is 4.49. The first-order valence-electron chi connectivity index (χ1n) is 4.37. The van der Waals surface area contributed by atoms with Crippen LogP contribution in [0.25, 0.3) is 0 Å². The minimum absolute atomic E-state index is 0.113. The van der Waals surface area contributed by atoms with Crippen molar-refractivity contribution in [2.24, 2.45) is 0 Å². The molecule has 0 aromatic heterocycles. The third-order valence-corrected chi connectivity index (χ3v) is 3.73. The van der Waals surface area contributed by atoms with Gasteiger partial charge in [0.1, 0.15) is 0 Å². The molecule has 1 nitrogen and oxygen atoms in total. The number of carbonyl (C=O) groups excluding carboxylic acids is 1. The average molecular weight is 273 g/mol. The predicted molar refractivity (Wildman–Crippen MR) is 65.1 cm³/mol. The van der Waals surface area contributed by atoms with Crippen LogP contribution in [0.15, 0.2) is 27.6 Å². The Morgan fingerprint density at radius 1 is 1.36 bits per heavy atom. The molecule has 76 valence electrons. The molecule has 0 aliphatic carbocycles. The fourth-order valence-electron chi connectivity index (χ4n) is 1.03. The maximum absolute atomic E-state index is 10.8. The van der Waals surface area contributed by atoms with E-state index in [9.17, 15) is 4.79 Å². The lowest BCUT2D eigenvalue weighted by atomic mass is 10.2. The maximum atomic E-state index is 10.8. The number of thioether (sulfide) groups is 1. The van der Waals surface area contributed by atoms with Gasteiger partial charge in [0.2, 0.25) is 0 Å². The molecule has 0 spiro atoms. The second-order valence-electron chi connectivity index (χ2n) is 3.99. The number of halogens is 1. The molecule has 0 unspecified atom stereocenters. The summed E-state index contributed by atoms with van der Waals surface area (Å²) in [4.78, 5) is 11.9. The lowest BCUT2D eigenvalue weighted by Gasteiger charge is -2.19. The van der Waals surface area contributed by atoms with E-state index in [2.05, 4.69) is 36.7 Å². The van der Waals surface area contributed by atoms with E-state index in [0.717, 1.165) is 21.2 Å². The summed E-state index contributed by atoms with van der Waals surface area (Å²) in [5, 5.41) is 0. The van der Waals surface area contributed by atoms with E-state index in [-0.39, 0.29) is 4.75 Å². The first-order chi connectivity index (χ1) is 6.44. The van der Waals surface area contributed by atoms with Crippen LogP contribution in [0, 0.1) is 0 Å². The molecule has 1 rings (SSSR count). The van der Waals surface area contributed by atoms with Crippen LogP contribution in [0.1, 0.15) is 31.1 Å². The number of hydrogen-bond donors (Lipinski definition) is 0. The molecule has 0 bridgehead atoms. The summed E-state index contributed by atoms with van der Waals surface area (Å²) >= 11 is 5.16. The van der Waals surface area contributed by atoms with Gasteiger partial charge >= 0.3 is 0 Å². The zero-order chi connectivity index (χ0) is 10.8. The highest BCUT2D eigenvalue weighted by Gasteiger charge is 2.16. The van der Waals surface area contributed by atoms with Gasteiger partial charge in [0.15, 0.2) is 6.29 Å². The molecule has 0 aliphatic rings. The molecule has 0 N–H and O–H groups in total. The highest BCUT2D eigenvalue weighted by molar-refractivity contribution is 9.10. The fourth-order valence-corrected chi connectivity index (χ4v) is 2.67. The molecule has 0 saturated carbocycles. The number of aldehydes is 1. The van der Waals surface area contributed by atoms with Crippen LogP contribution < -0.4 is 0 Å². The van der Waals surface area contributed by atoms with Crippen LogP contribution in [0.3, 0.4) is 0 Å². The van der Waals surface area contributed by atoms with Crippen molar-refractivity contribution in [2.75, 3.05) is 0 Å². The summed E-state index contributed by atoms with van der Waals surface area (Å²) < 4.78 is 1.10. The molecule has 0 atom stereocenters. The highest BCUT2D eigenvalue weighted by Crippen LogP contribution is 2.38. The first kappa shape index (κ1) is 11.8. The van der Waals surface area contributed by atoms with Crippen LogP contribution in [0.5, 0.6) is 0 Å². The molecule has 0 radical (unpaired) electrons. The van der Waals surface area contributed by atoms with Crippen molar-refractivity contribution in [3.63, 3.8) is 0 Å². The predicted octanol–water partition coefficient (Wildman–Crippen LogP) is 4.15.